The molecular formula is C14H11ClN4O3S3. The molecule has 0 bridgehead atoms. The molecule has 0 spiro atoms. The van der Waals surface area contributed by atoms with Crippen molar-refractivity contribution >= 4 is 61.2 Å². The van der Waals surface area contributed by atoms with Gasteiger partial charge in [0.15, 0.2) is 0 Å². The van der Waals surface area contributed by atoms with Crippen LogP contribution in [0, 0.1) is 6.92 Å². The molecule has 0 saturated carbocycles. The quantitative estimate of drug-likeness (QED) is 0.664. The van der Waals surface area contributed by atoms with Crippen molar-refractivity contribution in [2.24, 2.45) is 0 Å². The summed E-state index contributed by atoms with van der Waals surface area (Å²) in [6, 6.07) is 9.00. The molecule has 3 rings (SSSR count). The number of thiophene rings is 1. The van der Waals surface area contributed by atoms with E-state index >= 15 is 0 Å². The summed E-state index contributed by atoms with van der Waals surface area (Å²) in [6.45, 7) is 1.73. The van der Waals surface area contributed by atoms with E-state index in [1.165, 1.54) is 36.4 Å². The zero-order chi connectivity index (χ0) is 18.0. The fourth-order valence-corrected chi connectivity index (χ4v) is 4.97. The van der Waals surface area contributed by atoms with Crippen molar-refractivity contribution in [2.75, 3.05) is 10.0 Å². The molecular weight excluding hydrogens is 404 g/mol. The summed E-state index contributed by atoms with van der Waals surface area (Å²) in [5, 5.41) is 3.03. The van der Waals surface area contributed by atoms with E-state index in [2.05, 4.69) is 19.4 Å². The van der Waals surface area contributed by atoms with E-state index in [1.54, 1.807) is 6.92 Å². The summed E-state index contributed by atoms with van der Waals surface area (Å²) in [7, 11) is -3.70. The van der Waals surface area contributed by atoms with Gasteiger partial charge in [0, 0.05) is 22.8 Å². The molecule has 2 N–H and O–H groups in total. The first-order valence-electron chi connectivity index (χ1n) is 6.83. The minimum atomic E-state index is -3.70. The number of hydrogen-bond donors (Lipinski definition) is 2. The molecule has 0 unspecified atom stereocenters. The Morgan fingerprint density at radius 2 is 1.88 bits per heavy atom. The van der Waals surface area contributed by atoms with Gasteiger partial charge in [-0.25, -0.2) is 13.4 Å². The number of carbonyl (C=O) groups is 1. The zero-order valence-electron chi connectivity index (χ0n) is 12.7. The number of benzene rings is 1. The molecule has 11 heteroatoms. The van der Waals surface area contributed by atoms with Crippen LogP contribution in [0.25, 0.3) is 0 Å². The number of aromatic nitrogens is 2. The van der Waals surface area contributed by atoms with Crippen LogP contribution in [-0.4, -0.2) is 23.7 Å². The summed E-state index contributed by atoms with van der Waals surface area (Å²) in [5.41, 5.74) is 0.711. The SMILES string of the molecule is Cc1nsc(NC(=O)c2ccc(NS(=O)(=O)c3ccc(Cl)s3)cc2)n1. The van der Waals surface area contributed by atoms with E-state index in [9.17, 15) is 13.2 Å². The summed E-state index contributed by atoms with van der Waals surface area (Å²) in [5.74, 6) is 0.231. The molecule has 0 aliphatic heterocycles. The number of aryl methyl sites for hydroxylation is 1. The number of amides is 1. The Morgan fingerprint density at radius 1 is 1.16 bits per heavy atom. The summed E-state index contributed by atoms with van der Waals surface area (Å²) < 4.78 is 31.4. The van der Waals surface area contributed by atoms with E-state index in [0.29, 0.717) is 26.5 Å². The van der Waals surface area contributed by atoms with Crippen molar-refractivity contribution < 1.29 is 13.2 Å². The third-order valence-corrected chi connectivity index (χ3v) is 6.79. The Hall–Kier alpha value is -2.01. The Balaban J connectivity index is 1.70. The van der Waals surface area contributed by atoms with E-state index in [-0.39, 0.29) is 10.1 Å². The van der Waals surface area contributed by atoms with Gasteiger partial charge in [-0.3, -0.25) is 14.8 Å². The van der Waals surface area contributed by atoms with Gasteiger partial charge in [0.25, 0.3) is 15.9 Å². The second kappa shape index (κ2) is 7.08. The van der Waals surface area contributed by atoms with Crippen molar-refractivity contribution in [1.29, 1.82) is 0 Å². The van der Waals surface area contributed by atoms with Crippen molar-refractivity contribution in [3.05, 3.63) is 52.1 Å². The lowest BCUT2D eigenvalue weighted by molar-refractivity contribution is 0.102. The maximum Gasteiger partial charge on any atom is 0.271 e. The van der Waals surface area contributed by atoms with Gasteiger partial charge in [-0.05, 0) is 43.3 Å². The monoisotopic (exact) mass is 414 g/mol. The van der Waals surface area contributed by atoms with Crippen LogP contribution >= 0.6 is 34.5 Å². The number of carbonyl (C=O) groups excluding carboxylic acids is 1. The molecule has 0 atom stereocenters. The van der Waals surface area contributed by atoms with E-state index in [0.717, 1.165) is 22.9 Å². The largest absolute Gasteiger partial charge is 0.297 e. The lowest BCUT2D eigenvalue weighted by Gasteiger charge is -2.07. The van der Waals surface area contributed by atoms with Gasteiger partial charge >= 0.3 is 0 Å². The predicted octanol–water partition coefficient (Wildman–Crippen LogP) is 3.61. The molecule has 1 amide bonds. The summed E-state index contributed by atoms with van der Waals surface area (Å²) in [4.78, 5) is 16.2. The fourth-order valence-electron chi connectivity index (χ4n) is 1.85. The smallest absolute Gasteiger partial charge is 0.271 e. The lowest BCUT2D eigenvalue weighted by Crippen LogP contribution is -2.13. The summed E-state index contributed by atoms with van der Waals surface area (Å²) >= 11 is 7.82. The van der Waals surface area contributed by atoms with Crippen LogP contribution in [0.5, 0.6) is 0 Å². The van der Waals surface area contributed by atoms with Crippen LogP contribution in [0.3, 0.4) is 0 Å². The Morgan fingerprint density at radius 3 is 2.44 bits per heavy atom. The molecule has 25 heavy (non-hydrogen) atoms. The van der Waals surface area contributed by atoms with Gasteiger partial charge < -0.3 is 0 Å². The molecule has 0 fully saturated rings. The number of hydrogen-bond acceptors (Lipinski definition) is 7. The third-order valence-electron chi connectivity index (χ3n) is 2.96. The van der Waals surface area contributed by atoms with Crippen molar-refractivity contribution in [1.82, 2.24) is 9.36 Å². The van der Waals surface area contributed by atoms with Crippen LogP contribution < -0.4 is 10.0 Å². The first kappa shape index (κ1) is 17.8. The Labute approximate surface area is 156 Å². The molecule has 0 aliphatic carbocycles. The van der Waals surface area contributed by atoms with E-state index < -0.39 is 10.0 Å². The molecule has 130 valence electrons. The molecule has 2 heterocycles. The molecule has 7 nitrogen and oxygen atoms in total. The topological polar surface area (TPSA) is 101 Å². The van der Waals surface area contributed by atoms with E-state index in [4.69, 9.17) is 11.6 Å². The number of sulfonamides is 1. The maximum absolute atomic E-state index is 12.2. The second-order valence-corrected chi connectivity index (χ2v) is 9.22. The average Bonchev–Trinajstić information content (AvgIpc) is 3.16. The normalized spacial score (nSPS) is 11.3. The highest BCUT2D eigenvalue weighted by molar-refractivity contribution is 7.94. The van der Waals surface area contributed by atoms with Crippen LogP contribution in [-0.2, 0) is 10.0 Å². The summed E-state index contributed by atoms with van der Waals surface area (Å²) in [6.07, 6.45) is 0. The van der Waals surface area contributed by atoms with E-state index in [1.807, 2.05) is 0 Å². The van der Waals surface area contributed by atoms with Gasteiger partial charge in [0.1, 0.15) is 10.0 Å². The highest BCUT2D eigenvalue weighted by atomic mass is 35.5. The second-order valence-electron chi connectivity index (χ2n) is 4.84. The van der Waals surface area contributed by atoms with Crippen LogP contribution in [0.15, 0.2) is 40.6 Å². The minimum Gasteiger partial charge on any atom is -0.297 e. The molecule has 0 radical (unpaired) electrons. The molecule has 1 aromatic carbocycles. The first-order valence-corrected chi connectivity index (χ1v) is 10.3. The highest BCUT2D eigenvalue weighted by Crippen LogP contribution is 2.27. The van der Waals surface area contributed by atoms with Crippen LogP contribution in [0.1, 0.15) is 16.2 Å². The van der Waals surface area contributed by atoms with Gasteiger partial charge in [0.2, 0.25) is 5.13 Å². The van der Waals surface area contributed by atoms with Gasteiger partial charge in [-0.2, -0.15) is 4.37 Å². The number of nitrogens with zero attached hydrogens (tertiary/aromatic N) is 2. The number of anilines is 2. The fraction of sp³-hybridized carbons (Fsp3) is 0.0714. The molecule has 0 saturated heterocycles. The average molecular weight is 415 g/mol. The minimum absolute atomic E-state index is 0.117. The first-order chi connectivity index (χ1) is 11.8. The molecule has 3 aromatic rings. The maximum atomic E-state index is 12.2. The molecule has 0 aliphatic rings. The Bertz CT molecular complexity index is 1010. The number of rotatable bonds is 5. The molecule has 2 aromatic heterocycles. The zero-order valence-corrected chi connectivity index (χ0v) is 15.9. The van der Waals surface area contributed by atoms with Gasteiger partial charge in [-0.15, -0.1) is 11.3 Å². The predicted molar refractivity (Wildman–Crippen MR) is 99.2 cm³/mol. The van der Waals surface area contributed by atoms with Crippen molar-refractivity contribution in [2.45, 2.75) is 11.1 Å². The number of nitrogens with one attached hydrogen (secondary N) is 2. The van der Waals surface area contributed by atoms with Gasteiger partial charge in [-0.1, -0.05) is 11.6 Å². The van der Waals surface area contributed by atoms with Crippen molar-refractivity contribution in [3.63, 3.8) is 0 Å². The van der Waals surface area contributed by atoms with Crippen LogP contribution in [0.4, 0.5) is 10.8 Å². The van der Waals surface area contributed by atoms with Crippen LogP contribution in [0.2, 0.25) is 4.34 Å². The third kappa shape index (κ3) is 4.34. The van der Waals surface area contributed by atoms with Crippen molar-refractivity contribution in [3.8, 4) is 0 Å². The standard InChI is InChI=1S/C14H11ClN4O3S3/c1-8-16-14(24-18-8)17-13(20)9-2-4-10(5-3-9)19-25(21,22)12-7-6-11(15)23-12/h2-7,19H,1H3,(H,16,17,18,20). The lowest BCUT2D eigenvalue weighted by atomic mass is 10.2. The number of halogens is 1. The highest BCUT2D eigenvalue weighted by Gasteiger charge is 2.17. The van der Waals surface area contributed by atoms with Gasteiger partial charge in [0.05, 0.1) is 4.34 Å². The Kier molecular flexibility index (Phi) is 5.04.